The molecule has 1 aliphatic rings. The van der Waals surface area contributed by atoms with Crippen LogP contribution in [0.5, 0.6) is 0 Å². The lowest BCUT2D eigenvalue weighted by molar-refractivity contribution is 0.455. The van der Waals surface area contributed by atoms with E-state index < -0.39 is 9.84 Å². The van der Waals surface area contributed by atoms with Crippen molar-refractivity contribution in [3.05, 3.63) is 35.9 Å². The third-order valence-electron chi connectivity index (χ3n) is 3.45. The summed E-state index contributed by atoms with van der Waals surface area (Å²) in [5.41, 5.74) is 6.77. The maximum absolute atomic E-state index is 12.1. The summed E-state index contributed by atoms with van der Waals surface area (Å²) in [5, 5.41) is 0. The Hall–Kier alpha value is -1.21. The molecule has 122 valence electrons. The van der Waals surface area contributed by atoms with E-state index in [0.29, 0.717) is 18.9 Å². The van der Waals surface area contributed by atoms with Gasteiger partial charge in [-0.25, -0.2) is 8.42 Å². The highest BCUT2D eigenvalue weighted by atomic mass is 32.2. The van der Waals surface area contributed by atoms with E-state index in [0.717, 1.165) is 30.2 Å². The van der Waals surface area contributed by atoms with E-state index in [2.05, 4.69) is 9.89 Å². The topological polar surface area (TPSA) is 75.8 Å². The molecule has 0 unspecified atom stereocenters. The zero-order valence-electron chi connectivity index (χ0n) is 12.6. The molecule has 1 aliphatic heterocycles. The lowest BCUT2D eigenvalue weighted by Crippen LogP contribution is -2.42. The van der Waals surface area contributed by atoms with Crippen molar-refractivity contribution in [1.29, 1.82) is 0 Å². The third-order valence-corrected chi connectivity index (χ3v) is 6.08. The van der Waals surface area contributed by atoms with E-state index in [4.69, 9.17) is 5.73 Å². The highest BCUT2D eigenvalue weighted by Crippen LogP contribution is 2.09. The molecule has 1 fully saturated rings. The van der Waals surface area contributed by atoms with Crippen LogP contribution >= 0.6 is 11.8 Å². The second kappa shape index (κ2) is 8.43. The van der Waals surface area contributed by atoms with Gasteiger partial charge >= 0.3 is 0 Å². The van der Waals surface area contributed by atoms with Crippen LogP contribution in [-0.4, -0.2) is 56.2 Å². The van der Waals surface area contributed by atoms with Crippen molar-refractivity contribution in [2.45, 2.75) is 12.2 Å². The number of hydrogen-bond donors (Lipinski definition) is 1. The zero-order valence-corrected chi connectivity index (χ0v) is 14.3. The summed E-state index contributed by atoms with van der Waals surface area (Å²) in [7, 11) is -3.08. The van der Waals surface area contributed by atoms with Crippen LogP contribution in [0.25, 0.3) is 0 Å². The first-order valence-electron chi connectivity index (χ1n) is 7.44. The van der Waals surface area contributed by atoms with E-state index in [9.17, 15) is 8.42 Å². The molecule has 0 aromatic heterocycles. The fraction of sp³-hybridized carbons (Fsp3) is 0.533. The lowest BCUT2D eigenvalue weighted by atomic mass is 10.2. The number of hydrogen-bond acceptors (Lipinski definition) is 4. The first-order chi connectivity index (χ1) is 10.6. The Morgan fingerprint density at radius 1 is 1.23 bits per heavy atom. The minimum Gasteiger partial charge on any atom is -0.370 e. The molecule has 2 N–H and O–H groups in total. The van der Waals surface area contributed by atoms with Crippen LogP contribution in [0.1, 0.15) is 12.0 Å². The van der Waals surface area contributed by atoms with Gasteiger partial charge in [0.25, 0.3) is 0 Å². The molecule has 1 heterocycles. The van der Waals surface area contributed by atoms with Gasteiger partial charge in [0.15, 0.2) is 15.8 Å². The molecular weight excluding hydrogens is 318 g/mol. The van der Waals surface area contributed by atoms with Crippen molar-refractivity contribution in [2.24, 2.45) is 10.7 Å². The Morgan fingerprint density at radius 2 is 1.91 bits per heavy atom. The Kier molecular flexibility index (Phi) is 6.57. The molecule has 0 amide bonds. The van der Waals surface area contributed by atoms with Crippen LogP contribution in [0, 0.1) is 0 Å². The highest BCUT2D eigenvalue weighted by Gasteiger charge is 2.13. The molecule has 1 aromatic rings. The average Bonchev–Trinajstić information content (AvgIpc) is 2.53. The Labute approximate surface area is 136 Å². The van der Waals surface area contributed by atoms with Gasteiger partial charge in [-0.15, -0.1) is 0 Å². The Balaban J connectivity index is 1.75. The van der Waals surface area contributed by atoms with Crippen molar-refractivity contribution in [3.63, 3.8) is 0 Å². The Bertz CT molecular complexity index is 582. The normalized spacial score (nSPS) is 16.7. The van der Waals surface area contributed by atoms with Gasteiger partial charge in [-0.05, 0) is 12.0 Å². The van der Waals surface area contributed by atoms with Gasteiger partial charge in [0, 0.05) is 31.1 Å². The van der Waals surface area contributed by atoms with Gasteiger partial charge in [0.05, 0.1) is 11.5 Å². The largest absolute Gasteiger partial charge is 0.370 e. The van der Waals surface area contributed by atoms with Crippen LogP contribution in [-0.2, 0) is 15.6 Å². The van der Waals surface area contributed by atoms with Crippen molar-refractivity contribution < 1.29 is 8.42 Å². The SMILES string of the molecule is NC(=NCCCS(=O)(=O)Cc1ccccc1)N1CCSCC1. The minimum atomic E-state index is -3.08. The van der Waals surface area contributed by atoms with Gasteiger partial charge in [0.1, 0.15) is 0 Å². The Morgan fingerprint density at radius 3 is 2.59 bits per heavy atom. The number of thioether (sulfide) groups is 1. The van der Waals surface area contributed by atoms with Gasteiger partial charge in [0.2, 0.25) is 0 Å². The van der Waals surface area contributed by atoms with E-state index in [1.807, 2.05) is 42.1 Å². The monoisotopic (exact) mass is 341 g/mol. The number of guanidine groups is 1. The molecule has 0 bridgehead atoms. The van der Waals surface area contributed by atoms with Gasteiger partial charge in [-0.1, -0.05) is 30.3 Å². The molecule has 5 nitrogen and oxygen atoms in total. The summed E-state index contributed by atoms with van der Waals surface area (Å²) in [4.78, 5) is 6.37. The van der Waals surface area contributed by atoms with Crippen molar-refractivity contribution >= 4 is 27.6 Å². The van der Waals surface area contributed by atoms with E-state index in [1.54, 1.807) is 0 Å². The predicted octanol–water partition coefficient (Wildman–Crippen LogP) is 1.35. The molecule has 0 spiro atoms. The van der Waals surface area contributed by atoms with E-state index in [1.165, 1.54) is 0 Å². The van der Waals surface area contributed by atoms with Crippen LogP contribution in [0.3, 0.4) is 0 Å². The summed E-state index contributed by atoms with van der Waals surface area (Å²) in [6, 6.07) is 9.26. The first-order valence-corrected chi connectivity index (χ1v) is 10.4. The van der Waals surface area contributed by atoms with Crippen molar-refractivity contribution in [3.8, 4) is 0 Å². The molecular formula is C15H23N3O2S2. The molecule has 0 atom stereocenters. The second-order valence-electron chi connectivity index (χ2n) is 5.27. The number of nitrogens with two attached hydrogens (primary N) is 1. The number of rotatable bonds is 6. The predicted molar refractivity (Wildman–Crippen MR) is 93.9 cm³/mol. The lowest BCUT2D eigenvalue weighted by Gasteiger charge is -2.27. The molecule has 22 heavy (non-hydrogen) atoms. The van der Waals surface area contributed by atoms with Gasteiger partial charge < -0.3 is 10.6 Å². The zero-order chi connectivity index (χ0) is 15.8. The van der Waals surface area contributed by atoms with E-state index in [-0.39, 0.29) is 11.5 Å². The second-order valence-corrected chi connectivity index (χ2v) is 8.68. The summed E-state index contributed by atoms with van der Waals surface area (Å²) in [5.74, 6) is 2.93. The smallest absolute Gasteiger partial charge is 0.191 e. The third kappa shape index (κ3) is 5.88. The van der Waals surface area contributed by atoms with Crippen molar-refractivity contribution in [2.75, 3.05) is 36.9 Å². The number of nitrogens with zero attached hydrogens (tertiary/aromatic N) is 2. The van der Waals surface area contributed by atoms with E-state index >= 15 is 0 Å². The quantitative estimate of drug-likeness (QED) is 0.480. The number of aliphatic imine (C=N–C) groups is 1. The summed E-state index contributed by atoms with van der Waals surface area (Å²) >= 11 is 1.92. The molecule has 1 saturated heterocycles. The number of benzene rings is 1. The maximum Gasteiger partial charge on any atom is 0.191 e. The standard InChI is InChI=1S/C15H23N3O2S2/c16-15(18-8-10-21-11-9-18)17-7-4-12-22(19,20)13-14-5-2-1-3-6-14/h1-3,5-6H,4,7-13H2,(H2,16,17). The maximum atomic E-state index is 12.1. The van der Waals surface area contributed by atoms with Crippen LogP contribution < -0.4 is 5.73 Å². The molecule has 2 rings (SSSR count). The van der Waals surface area contributed by atoms with Gasteiger partial charge in [-0.3, -0.25) is 4.99 Å². The molecule has 1 aromatic carbocycles. The van der Waals surface area contributed by atoms with Crippen molar-refractivity contribution in [1.82, 2.24) is 4.90 Å². The van der Waals surface area contributed by atoms with Crippen LogP contribution in [0.4, 0.5) is 0 Å². The minimum absolute atomic E-state index is 0.0936. The summed E-state index contributed by atoms with van der Waals surface area (Å²) in [6.45, 7) is 2.31. The number of sulfone groups is 1. The van der Waals surface area contributed by atoms with Gasteiger partial charge in [-0.2, -0.15) is 11.8 Å². The fourth-order valence-corrected chi connectivity index (χ4v) is 4.59. The van der Waals surface area contributed by atoms with Crippen LogP contribution in [0.2, 0.25) is 0 Å². The fourth-order valence-electron chi connectivity index (χ4n) is 2.27. The summed E-state index contributed by atoms with van der Waals surface area (Å²) < 4.78 is 24.1. The molecule has 7 heteroatoms. The summed E-state index contributed by atoms with van der Waals surface area (Å²) in [6.07, 6.45) is 0.512. The molecule has 0 radical (unpaired) electrons. The molecule has 0 saturated carbocycles. The first kappa shape index (κ1) is 17.1. The van der Waals surface area contributed by atoms with Crippen LogP contribution in [0.15, 0.2) is 35.3 Å². The highest BCUT2D eigenvalue weighted by molar-refractivity contribution is 7.99. The average molecular weight is 342 g/mol. The molecule has 0 aliphatic carbocycles.